The molecule has 4 heterocycles. The van der Waals surface area contributed by atoms with Gasteiger partial charge in [-0.1, -0.05) is 0 Å². The smallest absolute Gasteiger partial charge is 0.262 e. The molecule has 0 aliphatic carbocycles. The van der Waals surface area contributed by atoms with Crippen LogP contribution >= 0.6 is 0 Å². The number of aliphatic hydroxyl groups excluding tert-OH is 2. The number of nitrogens with one attached hydrogen (secondary N) is 2. The van der Waals surface area contributed by atoms with Gasteiger partial charge in [0.1, 0.15) is 18.3 Å². The van der Waals surface area contributed by atoms with Gasteiger partial charge in [-0.2, -0.15) is 0 Å². The summed E-state index contributed by atoms with van der Waals surface area (Å²) >= 11 is 0. The van der Waals surface area contributed by atoms with Crippen LogP contribution in [-0.2, 0) is 0 Å². The van der Waals surface area contributed by atoms with E-state index in [2.05, 4.69) is 10.6 Å². The van der Waals surface area contributed by atoms with Crippen molar-refractivity contribution in [2.24, 2.45) is 5.41 Å². The molecule has 2 amide bonds. The van der Waals surface area contributed by atoms with Crippen LogP contribution in [0.25, 0.3) is 0 Å². The number of amides is 2. The van der Waals surface area contributed by atoms with E-state index in [1.807, 2.05) is 4.90 Å². The zero-order valence-corrected chi connectivity index (χ0v) is 16.0. The topological polar surface area (TPSA) is 105 Å². The summed E-state index contributed by atoms with van der Waals surface area (Å²) in [5.41, 5.74) is 0.776. The Labute approximate surface area is 167 Å². The summed E-state index contributed by atoms with van der Waals surface area (Å²) in [7, 11) is 0. The van der Waals surface area contributed by atoms with Gasteiger partial charge in [-0.05, 0) is 50.9 Å². The van der Waals surface area contributed by atoms with E-state index in [0.717, 1.165) is 50.0 Å². The molecule has 156 valence electrons. The molecular formula is C20H25FN4O4. The van der Waals surface area contributed by atoms with E-state index >= 15 is 0 Å². The van der Waals surface area contributed by atoms with Gasteiger partial charge in [0.2, 0.25) is 0 Å². The molecule has 3 unspecified atom stereocenters. The minimum atomic E-state index is -1.22. The molecule has 1 aromatic carbocycles. The fourth-order valence-corrected chi connectivity index (χ4v) is 5.17. The Kier molecular flexibility index (Phi) is 4.39. The number of fused-ring (bicyclic) bond motifs is 1. The van der Waals surface area contributed by atoms with Crippen molar-refractivity contribution in [3.05, 3.63) is 29.1 Å². The number of aliphatic hydroxyl groups is 2. The van der Waals surface area contributed by atoms with Crippen LogP contribution in [-0.4, -0.2) is 71.6 Å². The molecule has 3 saturated heterocycles. The van der Waals surface area contributed by atoms with Crippen molar-refractivity contribution in [2.75, 3.05) is 31.1 Å². The third-order valence-corrected chi connectivity index (χ3v) is 6.84. The number of halogens is 1. The Bertz CT molecular complexity index is 864. The number of benzene rings is 1. The molecule has 4 aliphatic rings. The van der Waals surface area contributed by atoms with Crippen LogP contribution < -0.4 is 15.5 Å². The van der Waals surface area contributed by atoms with Crippen molar-refractivity contribution >= 4 is 17.5 Å². The number of piperidine rings is 2. The number of carbonyl (C=O) groups excluding carboxylic acids is 2. The minimum Gasteiger partial charge on any atom is -0.379 e. The summed E-state index contributed by atoms with van der Waals surface area (Å²) in [6.07, 6.45) is 0.590. The quantitative estimate of drug-likeness (QED) is 0.515. The Balaban J connectivity index is 1.39. The second kappa shape index (κ2) is 6.73. The minimum absolute atomic E-state index is 0.0340. The van der Waals surface area contributed by atoms with Crippen LogP contribution in [0, 0.1) is 11.2 Å². The first kappa shape index (κ1) is 18.9. The maximum atomic E-state index is 14.8. The lowest BCUT2D eigenvalue weighted by atomic mass is 9.72. The molecule has 0 aromatic heterocycles. The lowest BCUT2D eigenvalue weighted by Crippen LogP contribution is -2.60. The molecule has 9 heteroatoms. The summed E-state index contributed by atoms with van der Waals surface area (Å²) in [6.45, 7) is 3.43. The molecule has 4 N–H and O–H groups in total. The molecule has 0 saturated carbocycles. The summed E-state index contributed by atoms with van der Waals surface area (Å²) in [6, 6.07) is 1.84. The summed E-state index contributed by atoms with van der Waals surface area (Å²) < 4.78 is 14.8. The van der Waals surface area contributed by atoms with Crippen LogP contribution in [0.15, 0.2) is 12.1 Å². The zero-order valence-electron chi connectivity index (χ0n) is 16.0. The van der Waals surface area contributed by atoms with E-state index in [4.69, 9.17) is 0 Å². The monoisotopic (exact) mass is 404 g/mol. The van der Waals surface area contributed by atoms with E-state index in [1.54, 1.807) is 0 Å². The predicted molar refractivity (Wildman–Crippen MR) is 102 cm³/mol. The molecule has 0 bridgehead atoms. The second-order valence-corrected chi connectivity index (χ2v) is 8.71. The summed E-state index contributed by atoms with van der Waals surface area (Å²) in [5.74, 6) is -1.63. The van der Waals surface area contributed by atoms with Gasteiger partial charge < -0.3 is 20.4 Å². The predicted octanol–water partition coefficient (Wildman–Crippen LogP) is 0.000300. The van der Waals surface area contributed by atoms with Gasteiger partial charge in [0.05, 0.1) is 22.9 Å². The lowest BCUT2D eigenvalue weighted by Gasteiger charge is -2.53. The Morgan fingerprint density at radius 3 is 2.34 bits per heavy atom. The van der Waals surface area contributed by atoms with Crippen molar-refractivity contribution in [3.8, 4) is 0 Å². The van der Waals surface area contributed by atoms with E-state index in [1.165, 1.54) is 6.07 Å². The highest BCUT2D eigenvalue weighted by Crippen LogP contribution is 2.43. The molecule has 3 fully saturated rings. The molecule has 1 spiro atoms. The molecule has 3 atom stereocenters. The van der Waals surface area contributed by atoms with Gasteiger partial charge in [-0.3, -0.25) is 19.8 Å². The first-order chi connectivity index (χ1) is 13.9. The molecular weight excluding hydrogens is 379 g/mol. The molecule has 29 heavy (non-hydrogen) atoms. The summed E-state index contributed by atoms with van der Waals surface area (Å²) in [4.78, 5) is 28.7. The number of hydrogen-bond acceptors (Lipinski definition) is 7. The van der Waals surface area contributed by atoms with Crippen LogP contribution in [0.4, 0.5) is 10.1 Å². The number of rotatable bonds is 2. The van der Waals surface area contributed by atoms with Gasteiger partial charge in [-0.25, -0.2) is 4.39 Å². The Morgan fingerprint density at radius 2 is 1.69 bits per heavy atom. The maximum Gasteiger partial charge on any atom is 0.262 e. The SMILES string of the molecule is O=C1c2cc(F)c(N3CC4(CCNCC4)C3)cc2C(=O)N1C1CCC(O)NC1O. The lowest BCUT2D eigenvalue weighted by molar-refractivity contribution is -0.0413. The van der Waals surface area contributed by atoms with E-state index in [0.29, 0.717) is 12.1 Å². The summed E-state index contributed by atoms with van der Waals surface area (Å²) in [5, 5.41) is 25.7. The van der Waals surface area contributed by atoms with Gasteiger partial charge >= 0.3 is 0 Å². The van der Waals surface area contributed by atoms with E-state index in [-0.39, 0.29) is 23.0 Å². The highest BCUT2D eigenvalue weighted by molar-refractivity contribution is 6.22. The molecule has 8 nitrogen and oxygen atoms in total. The van der Waals surface area contributed by atoms with Gasteiger partial charge in [-0.15, -0.1) is 0 Å². The zero-order chi connectivity index (χ0) is 20.3. The van der Waals surface area contributed by atoms with Crippen LogP contribution in [0.1, 0.15) is 46.4 Å². The fourth-order valence-electron chi connectivity index (χ4n) is 5.17. The number of hydrogen-bond donors (Lipinski definition) is 4. The van der Waals surface area contributed by atoms with E-state index in [9.17, 15) is 24.2 Å². The average Bonchev–Trinajstić information content (AvgIpc) is 2.90. The molecule has 0 radical (unpaired) electrons. The normalized spacial score (nSPS) is 31.2. The fraction of sp³-hybridized carbons (Fsp3) is 0.600. The first-order valence-corrected chi connectivity index (χ1v) is 10.2. The molecule has 5 rings (SSSR count). The van der Waals surface area contributed by atoms with Crippen LogP contribution in [0.3, 0.4) is 0 Å². The number of carbonyl (C=O) groups is 2. The van der Waals surface area contributed by atoms with Gasteiger partial charge in [0.15, 0.2) is 0 Å². The number of nitrogens with zero attached hydrogens (tertiary/aromatic N) is 2. The largest absolute Gasteiger partial charge is 0.379 e. The van der Waals surface area contributed by atoms with Gasteiger partial charge in [0, 0.05) is 18.5 Å². The number of anilines is 1. The van der Waals surface area contributed by atoms with Crippen molar-refractivity contribution in [1.29, 1.82) is 0 Å². The van der Waals surface area contributed by atoms with Crippen molar-refractivity contribution in [1.82, 2.24) is 15.5 Å². The van der Waals surface area contributed by atoms with Gasteiger partial charge in [0.25, 0.3) is 11.8 Å². The van der Waals surface area contributed by atoms with E-state index < -0.39 is 36.1 Å². The third-order valence-electron chi connectivity index (χ3n) is 6.84. The Morgan fingerprint density at radius 1 is 1.03 bits per heavy atom. The maximum absolute atomic E-state index is 14.8. The number of imide groups is 1. The highest BCUT2D eigenvalue weighted by atomic mass is 19.1. The second-order valence-electron chi connectivity index (χ2n) is 8.71. The third kappa shape index (κ3) is 2.95. The standard InChI is InChI=1S/C20H25FN4O4/c21-13-7-11-12(8-15(13)24-9-20(10-24)3-5-22-6-4-20)19(29)25(18(11)28)14-1-2-16(26)23-17(14)27/h7-8,14,16-17,22-23,26-27H,1-6,9-10H2. The van der Waals surface area contributed by atoms with Crippen LogP contribution in [0.2, 0.25) is 0 Å². The average molecular weight is 404 g/mol. The van der Waals surface area contributed by atoms with Crippen LogP contribution in [0.5, 0.6) is 0 Å². The molecule has 4 aliphatic heterocycles. The van der Waals surface area contributed by atoms with Crippen molar-refractivity contribution in [3.63, 3.8) is 0 Å². The molecule has 1 aromatic rings. The van der Waals surface area contributed by atoms with Crippen molar-refractivity contribution in [2.45, 2.75) is 44.2 Å². The highest BCUT2D eigenvalue weighted by Gasteiger charge is 2.47. The first-order valence-electron chi connectivity index (χ1n) is 10.2. The Hall–Kier alpha value is -2.07. The van der Waals surface area contributed by atoms with Crippen molar-refractivity contribution < 1.29 is 24.2 Å².